The third kappa shape index (κ3) is 6.24. The molecule has 0 heterocycles. The second-order valence-electron chi connectivity index (χ2n) is 6.60. The van der Waals surface area contributed by atoms with Gasteiger partial charge in [-0.15, -0.1) is 12.4 Å². The Kier molecular flexibility index (Phi) is 8.23. The molecule has 0 saturated heterocycles. The van der Waals surface area contributed by atoms with Crippen molar-refractivity contribution in [3.63, 3.8) is 0 Å². The molecule has 4 nitrogen and oxygen atoms in total. The number of benzene rings is 2. The van der Waals surface area contributed by atoms with E-state index in [9.17, 15) is 5.11 Å². The van der Waals surface area contributed by atoms with Gasteiger partial charge in [0.25, 0.3) is 0 Å². The molecule has 0 unspecified atom stereocenters. The van der Waals surface area contributed by atoms with Crippen LogP contribution in [-0.2, 0) is 13.2 Å². The van der Waals surface area contributed by atoms with Crippen LogP contribution in [0, 0.1) is 6.92 Å². The van der Waals surface area contributed by atoms with E-state index in [2.05, 4.69) is 24.4 Å². The second-order valence-corrected chi connectivity index (χ2v) is 6.60. The lowest BCUT2D eigenvalue weighted by Crippen LogP contribution is -2.42. The summed E-state index contributed by atoms with van der Waals surface area (Å²) in [7, 11) is 1.64. The standard InChI is InChI=1S/C20H27NO3.ClH/c1-15-7-5-6-8-17(15)13-24-18-10-9-16(11-19(18)23-4)12-21-20(2,3)14-22;/h5-11,21-22H,12-14H2,1-4H3;1H. The van der Waals surface area contributed by atoms with Crippen molar-refractivity contribution >= 4 is 12.4 Å². The van der Waals surface area contributed by atoms with Crippen LogP contribution in [0.2, 0.25) is 0 Å². The zero-order valence-electron chi connectivity index (χ0n) is 15.3. The topological polar surface area (TPSA) is 50.7 Å². The third-order valence-electron chi connectivity index (χ3n) is 4.04. The predicted octanol–water partition coefficient (Wildman–Crippen LogP) is 3.86. The molecule has 2 rings (SSSR count). The van der Waals surface area contributed by atoms with Gasteiger partial charge in [0.15, 0.2) is 11.5 Å². The minimum atomic E-state index is -0.312. The van der Waals surface area contributed by atoms with Crippen molar-refractivity contribution in [2.24, 2.45) is 0 Å². The van der Waals surface area contributed by atoms with Gasteiger partial charge < -0.3 is 19.9 Å². The molecule has 2 aromatic rings. The van der Waals surface area contributed by atoms with Gasteiger partial charge >= 0.3 is 0 Å². The SMILES string of the molecule is COc1cc(CNC(C)(C)CO)ccc1OCc1ccccc1C.Cl. The van der Waals surface area contributed by atoms with Crippen molar-refractivity contribution in [2.75, 3.05) is 13.7 Å². The summed E-state index contributed by atoms with van der Waals surface area (Å²) in [6.07, 6.45) is 0. The van der Waals surface area contributed by atoms with E-state index in [1.807, 2.05) is 44.2 Å². The predicted molar refractivity (Wildman–Crippen MR) is 104 cm³/mol. The molecule has 0 spiro atoms. The molecule has 2 N–H and O–H groups in total. The van der Waals surface area contributed by atoms with Gasteiger partial charge in [-0.3, -0.25) is 0 Å². The second kappa shape index (κ2) is 9.66. The van der Waals surface area contributed by atoms with E-state index in [4.69, 9.17) is 9.47 Å². The van der Waals surface area contributed by atoms with E-state index >= 15 is 0 Å². The molecule has 0 radical (unpaired) electrons. The first-order chi connectivity index (χ1) is 11.4. The van der Waals surface area contributed by atoms with Gasteiger partial charge in [0, 0.05) is 12.1 Å². The van der Waals surface area contributed by atoms with Crippen molar-refractivity contribution in [3.05, 3.63) is 59.2 Å². The summed E-state index contributed by atoms with van der Waals surface area (Å²) in [5.74, 6) is 1.44. The van der Waals surface area contributed by atoms with Crippen LogP contribution in [0.5, 0.6) is 11.5 Å². The van der Waals surface area contributed by atoms with Gasteiger partial charge in [-0.05, 0) is 49.6 Å². The minimum Gasteiger partial charge on any atom is -0.493 e. The molecular weight excluding hydrogens is 338 g/mol. The molecule has 5 heteroatoms. The lowest BCUT2D eigenvalue weighted by molar-refractivity contribution is 0.187. The summed E-state index contributed by atoms with van der Waals surface area (Å²) < 4.78 is 11.4. The van der Waals surface area contributed by atoms with Crippen molar-refractivity contribution in [1.29, 1.82) is 0 Å². The number of rotatable bonds is 8. The van der Waals surface area contributed by atoms with Crippen LogP contribution in [0.15, 0.2) is 42.5 Å². The molecule has 0 bridgehead atoms. The normalized spacial score (nSPS) is 10.9. The molecule has 0 atom stereocenters. The van der Waals surface area contributed by atoms with Gasteiger partial charge in [0.05, 0.1) is 13.7 Å². The lowest BCUT2D eigenvalue weighted by Gasteiger charge is -2.23. The van der Waals surface area contributed by atoms with Crippen molar-refractivity contribution in [1.82, 2.24) is 5.32 Å². The third-order valence-corrected chi connectivity index (χ3v) is 4.04. The zero-order chi connectivity index (χ0) is 17.6. The summed E-state index contributed by atoms with van der Waals surface area (Å²) in [5.41, 5.74) is 3.14. The number of ether oxygens (including phenoxy) is 2. The van der Waals surface area contributed by atoms with Crippen LogP contribution in [0.25, 0.3) is 0 Å². The quantitative estimate of drug-likeness (QED) is 0.745. The lowest BCUT2D eigenvalue weighted by atomic mass is 10.1. The van der Waals surface area contributed by atoms with Crippen molar-refractivity contribution in [3.8, 4) is 11.5 Å². The van der Waals surface area contributed by atoms with Crippen molar-refractivity contribution in [2.45, 2.75) is 39.5 Å². The Morgan fingerprint density at radius 1 is 1.08 bits per heavy atom. The average Bonchev–Trinajstić information content (AvgIpc) is 2.59. The van der Waals surface area contributed by atoms with Crippen LogP contribution < -0.4 is 14.8 Å². The molecule has 0 amide bonds. The molecule has 0 aliphatic carbocycles. The van der Waals surface area contributed by atoms with Gasteiger partial charge in [-0.2, -0.15) is 0 Å². The molecule has 25 heavy (non-hydrogen) atoms. The summed E-state index contributed by atoms with van der Waals surface area (Å²) in [4.78, 5) is 0. The largest absolute Gasteiger partial charge is 0.493 e. The van der Waals surface area contributed by atoms with Crippen LogP contribution >= 0.6 is 12.4 Å². The Balaban J connectivity index is 0.00000312. The Labute approximate surface area is 156 Å². The average molecular weight is 366 g/mol. The molecule has 0 fully saturated rings. The van der Waals surface area contributed by atoms with E-state index < -0.39 is 0 Å². The molecule has 138 valence electrons. The first-order valence-electron chi connectivity index (χ1n) is 8.15. The van der Waals surface area contributed by atoms with E-state index in [0.29, 0.717) is 18.9 Å². The summed E-state index contributed by atoms with van der Waals surface area (Å²) >= 11 is 0. The van der Waals surface area contributed by atoms with Gasteiger partial charge in [-0.25, -0.2) is 0 Å². The highest BCUT2D eigenvalue weighted by molar-refractivity contribution is 5.85. The molecule has 0 saturated carbocycles. The summed E-state index contributed by atoms with van der Waals surface area (Å²) in [6.45, 7) is 7.25. The molecule has 0 aliphatic heterocycles. The minimum absolute atomic E-state index is 0. The number of nitrogens with one attached hydrogen (secondary N) is 1. The van der Waals surface area contributed by atoms with Crippen LogP contribution in [0.1, 0.15) is 30.5 Å². The number of methoxy groups -OCH3 is 1. The fraction of sp³-hybridized carbons (Fsp3) is 0.400. The van der Waals surface area contributed by atoms with Crippen LogP contribution in [-0.4, -0.2) is 24.4 Å². The number of aliphatic hydroxyl groups is 1. The number of hydrogen-bond donors (Lipinski definition) is 2. The van der Waals surface area contributed by atoms with Gasteiger partial charge in [0.2, 0.25) is 0 Å². The Morgan fingerprint density at radius 2 is 1.80 bits per heavy atom. The Bertz CT molecular complexity index is 674. The molecule has 2 aromatic carbocycles. The number of halogens is 1. The highest BCUT2D eigenvalue weighted by atomic mass is 35.5. The first kappa shape index (κ1) is 21.3. The number of aliphatic hydroxyl groups excluding tert-OH is 1. The molecular formula is C20H28ClNO3. The first-order valence-corrected chi connectivity index (χ1v) is 8.15. The monoisotopic (exact) mass is 365 g/mol. The summed E-state index contributed by atoms with van der Waals surface area (Å²) in [5, 5.41) is 12.6. The van der Waals surface area contributed by atoms with E-state index in [0.717, 1.165) is 16.9 Å². The Hall–Kier alpha value is -1.75. The maximum Gasteiger partial charge on any atom is 0.161 e. The van der Waals surface area contributed by atoms with Gasteiger partial charge in [0.1, 0.15) is 6.61 Å². The smallest absolute Gasteiger partial charge is 0.161 e. The highest BCUT2D eigenvalue weighted by Gasteiger charge is 2.15. The zero-order valence-corrected chi connectivity index (χ0v) is 16.2. The fourth-order valence-electron chi connectivity index (χ4n) is 2.27. The fourth-order valence-corrected chi connectivity index (χ4v) is 2.27. The summed E-state index contributed by atoms with van der Waals surface area (Å²) in [6, 6.07) is 14.1. The maximum absolute atomic E-state index is 9.31. The Morgan fingerprint density at radius 3 is 2.44 bits per heavy atom. The highest BCUT2D eigenvalue weighted by Crippen LogP contribution is 2.29. The molecule has 0 aliphatic rings. The van der Waals surface area contributed by atoms with E-state index in [1.54, 1.807) is 7.11 Å². The molecule has 0 aromatic heterocycles. The number of hydrogen-bond acceptors (Lipinski definition) is 4. The van der Waals surface area contributed by atoms with Crippen LogP contribution in [0.3, 0.4) is 0 Å². The van der Waals surface area contributed by atoms with Crippen molar-refractivity contribution < 1.29 is 14.6 Å². The van der Waals surface area contributed by atoms with Gasteiger partial charge in [-0.1, -0.05) is 30.3 Å². The van der Waals surface area contributed by atoms with Crippen LogP contribution in [0.4, 0.5) is 0 Å². The van der Waals surface area contributed by atoms with E-state index in [-0.39, 0.29) is 24.6 Å². The van der Waals surface area contributed by atoms with E-state index in [1.165, 1.54) is 5.56 Å². The number of aryl methyl sites for hydroxylation is 1. The maximum atomic E-state index is 9.31.